The smallest absolute Gasteiger partial charge is 0.318 e. The van der Waals surface area contributed by atoms with Gasteiger partial charge in [-0.3, -0.25) is 33.7 Å². The lowest BCUT2D eigenvalue weighted by Gasteiger charge is -2.47. The summed E-state index contributed by atoms with van der Waals surface area (Å²) in [5.41, 5.74) is 10.5. The molecule has 20 heteroatoms. The number of β-amino-alcohol motifs (C(OH)–C–C–N with tert-alkyl or cyclic N) is 1. The number of primary amides is 1. The molecule has 10 N–H and O–H groups in total. The number of fused-ring (bicyclic) bond motifs is 2. The van der Waals surface area contributed by atoms with Gasteiger partial charge in [-0.2, -0.15) is 0 Å². The van der Waals surface area contributed by atoms with Gasteiger partial charge in [0.15, 0.2) is 6.61 Å². The SMILES string of the molecule is CC(C)(C)NC(=O)[C@@H]1C[C@@H]2CCCC[C@@H]2CN1C[C@@H](O)[C@H](Cc1ccccc1)NC(=O)[C@H](CC(N)=O)NC(=O)c1ccc2ccccc2n1.Cc1cccc(C)c1OCC(=O)N[C@@H](Cc1ccccc1)[C@@H](O)C[C@H](Cc1ccccc1)NC(=O)[C@H](C(C)C)N1CCCNC1=O. The highest BCUT2D eigenvalue weighted by Gasteiger charge is 2.43. The number of urea groups is 1. The number of rotatable bonds is 27. The number of aryl methyl sites for hydroxylation is 2. The first-order valence-electron chi connectivity index (χ1n) is 33.6. The Morgan fingerprint density at radius 2 is 1.27 bits per heavy atom. The van der Waals surface area contributed by atoms with Gasteiger partial charge in [-0.25, -0.2) is 9.78 Å². The molecule has 0 spiro atoms. The number of likely N-dealkylation sites (tertiary alicyclic amines) is 1. The average molecular weight is 1300 g/mol. The summed E-state index contributed by atoms with van der Waals surface area (Å²) in [7, 11) is 0. The number of aliphatic hydroxyl groups excluding tert-OH is 2. The highest BCUT2D eigenvalue weighted by atomic mass is 16.5. The van der Waals surface area contributed by atoms with E-state index < -0.39 is 78.1 Å². The molecular formula is C75H98N10O10. The van der Waals surface area contributed by atoms with E-state index in [9.17, 15) is 43.8 Å². The summed E-state index contributed by atoms with van der Waals surface area (Å²) < 4.78 is 5.90. The molecule has 2 saturated heterocycles. The summed E-state index contributed by atoms with van der Waals surface area (Å²) in [6, 6.07) is 40.9. The lowest BCUT2D eigenvalue weighted by atomic mass is 9.72. The fourth-order valence-electron chi connectivity index (χ4n) is 13.4. The maximum absolute atomic E-state index is 13.8. The van der Waals surface area contributed by atoms with E-state index in [0.717, 1.165) is 65.3 Å². The van der Waals surface area contributed by atoms with Gasteiger partial charge in [0.25, 0.3) is 11.8 Å². The third kappa shape index (κ3) is 21.7. The van der Waals surface area contributed by atoms with Gasteiger partial charge in [0.05, 0.1) is 42.3 Å². The van der Waals surface area contributed by atoms with Gasteiger partial charge in [-0.15, -0.1) is 0 Å². The van der Waals surface area contributed by atoms with Crippen LogP contribution in [0.5, 0.6) is 5.75 Å². The molecule has 0 unspecified atom stereocenters. The van der Waals surface area contributed by atoms with E-state index in [4.69, 9.17) is 10.5 Å². The lowest BCUT2D eigenvalue weighted by Crippen LogP contribution is -2.61. The number of carbonyl (C=O) groups excluding carboxylic acids is 7. The number of nitrogens with two attached hydrogens (primary N) is 1. The maximum Gasteiger partial charge on any atom is 0.318 e. The van der Waals surface area contributed by atoms with Crippen LogP contribution >= 0.6 is 0 Å². The number of aliphatic hydroxyl groups is 2. The molecule has 6 aromatic rings. The van der Waals surface area contributed by atoms with Crippen molar-refractivity contribution in [1.82, 2.24) is 46.7 Å². The minimum atomic E-state index is -1.30. The summed E-state index contributed by atoms with van der Waals surface area (Å²) >= 11 is 0. The highest BCUT2D eigenvalue weighted by molar-refractivity contribution is 5.99. The number of nitrogens with one attached hydrogen (secondary N) is 6. The van der Waals surface area contributed by atoms with Crippen LogP contribution in [-0.2, 0) is 43.2 Å². The third-order valence-corrected chi connectivity index (χ3v) is 18.1. The number of hydrogen-bond acceptors (Lipinski definition) is 12. The molecule has 0 radical (unpaired) electrons. The van der Waals surface area contributed by atoms with Crippen LogP contribution in [0, 0.1) is 31.6 Å². The molecule has 3 aliphatic rings. The van der Waals surface area contributed by atoms with Crippen LogP contribution in [0.2, 0.25) is 0 Å². The van der Waals surface area contributed by atoms with Crippen molar-refractivity contribution in [2.24, 2.45) is 23.5 Å². The minimum absolute atomic E-state index is 0.0566. The van der Waals surface area contributed by atoms with E-state index >= 15 is 0 Å². The summed E-state index contributed by atoms with van der Waals surface area (Å²) in [6.45, 7) is 15.4. The standard InChI is InChI=1S/C38H50N6O5.C37H48N4O5/c1-38(2,3)43-37(49)32-20-26-14-7-8-15-27(26)22-44(32)23-33(45)30(19-24-11-5-4-6-12-24)41-36(48)31(21-34(39)46)42-35(47)29-18-17-25-13-9-10-16-28(25)40-29;1-25(2)34(41-20-12-19-38-37(41)45)36(44)39-30(21-28-15-7-5-8-16-28)23-32(42)31(22-29-17-9-6-10-18-29)40-33(43)24-46-35-26(3)13-11-14-27(35)4/h4-6,9-13,16-18,26-27,30-33,45H,7-8,14-15,19-23H2,1-3H3,(H2,39,46)(H,41,48)(H,42,47)(H,43,49);5-11,13-18,25,30-32,34,42H,12,19-24H2,1-4H3,(H,38,45)(H,39,44)(H,40,43)/t26-,27+,30-,31-,32-,33+;30-,31-,32-,34-/m00/s1. The number of nitrogens with zero attached hydrogens (tertiary/aromatic N) is 3. The van der Waals surface area contributed by atoms with E-state index in [-0.39, 0.29) is 61.4 Å². The summed E-state index contributed by atoms with van der Waals surface area (Å²) in [6.07, 6.45) is 4.86. The fourth-order valence-corrected chi connectivity index (χ4v) is 13.4. The molecule has 10 atom stereocenters. The first-order chi connectivity index (χ1) is 45.5. The second-order valence-electron chi connectivity index (χ2n) is 27.2. The topological polar surface area (TPSA) is 287 Å². The number of pyridine rings is 1. The molecule has 1 aliphatic carbocycles. The van der Waals surface area contributed by atoms with Crippen molar-refractivity contribution < 1.29 is 48.5 Å². The fraction of sp³-hybridized carbons (Fsp3) is 0.467. The predicted molar refractivity (Wildman–Crippen MR) is 368 cm³/mol. The van der Waals surface area contributed by atoms with E-state index in [0.29, 0.717) is 55.6 Å². The summed E-state index contributed by atoms with van der Waals surface area (Å²) in [5.74, 6) is -1.24. The molecule has 95 heavy (non-hydrogen) atoms. The normalized spacial score (nSPS) is 18.7. The zero-order chi connectivity index (χ0) is 68.2. The van der Waals surface area contributed by atoms with Crippen molar-refractivity contribution in [2.45, 2.75) is 173 Å². The molecule has 508 valence electrons. The monoisotopic (exact) mass is 1300 g/mol. The number of amides is 8. The number of benzene rings is 5. The Hall–Kier alpha value is -8.72. The zero-order valence-electron chi connectivity index (χ0n) is 56.1. The van der Waals surface area contributed by atoms with Gasteiger partial charge in [-0.05, 0) is 137 Å². The van der Waals surface area contributed by atoms with E-state index in [1.165, 1.54) is 6.42 Å². The van der Waals surface area contributed by atoms with Crippen LogP contribution in [0.4, 0.5) is 4.79 Å². The Morgan fingerprint density at radius 3 is 1.87 bits per heavy atom. The Bertz CT molecular complexity index is 3500. The van der Waals surface area contributed by atoms with Crippen molar-refractivity contribution >= 4 is 52.4 Å². The second-order valence-corrected chi connectivity index (χ2v) is 27.2. The van der Waals surface area contributed by atoms with Crippen molar-refractivity contribution in [3.05, 3.63) is 179 Å². The van der Waals surface area contributed by atoms with Crippen LogP contribution in [0.3, 0.4) is 0 Å². The molecular weight excluding hydrogens is 1200 g/mol. The Balaban J connectivity index is 0.000000244. The van der Waals surface area contributed by atoms with Gasteiger partial charge >= 0.3 is 6.03 Å². The van der Waals surface area contributed by atoms with Gasteiger partial charge in [0.2, 0.25) is 23.6 Å². The molecule has 20 nitrogen and oxygen atoms in total. The summed E-state index contributed by atoms with van der Waals surface area (Å²) in [5, 5.41) is 42.1. The second kappa shape index (κ2) is 34.6. The Kier molecular flexibility index (Phi) is 26.3. The molecule has 3 fully saturated rings. The number of piperidine rings is 1. The average Bonchev–Trinajstić information content (AvgIpc) is 0.818. The Morgan fingerprint density at radius 1 is 0.684 bits per heavy atom. The molecule has 5 aromatic carbocycles. The number of ether oxygens (including phenoxy) is 1. The van der Waals surface area contributed by atoms with Gasteiger partial charge in [0, 0.05) is 43.1 Å². The van der Waals surface area contributed by atoms with E-state index in [1.54, 1.807) is 23.1 Å². The van der Waals surface area contributed by atoms with Gasteiger partial charge < -0.3 is 57.5 Å². The van der Waals surface area contributed by atoms with Crippen molar-refractivity contribution in [2.75, 3.05) is 32.8 Å². The van der Waals surface area contributed by atoms with Crippen LogP contribution in [0.15, 0.2) is 146 Å². The number of aromatic nitrogens is 1. The van der Waals surface area contributed by atoms with Crippen LogP contribution in [0.25, 0.3) is 10.9 Å². The number of para-hydroxylation sites is 2. The van der Waals surface area contributed by atoms with E-state index in [1.807, 2.05) is 176 Å². The molecule has 1 aromatic heterocycles. The number of hydrogen-bond donors (Lipinski definition) is 9. The number of carbonyl (C=O) groups is 7. The van der Waals surface area contributed by atoms with Crippen molar-refractivity contribution in [1.29, 1.82) is 0 Å². The van der Waals surface area contributed by atoms with Crippen LogP contribution in [0.1, 0.15) is 124 Å². The Labute approximate surface area is 559 Å². The van der Waals surface area contributed by atoms with Crippen molar-refractivity contribution in [3.8, 4) is 5.75 Å². The van der Waals surface area contributed by atoms with Crippen LogP contribution in [-0.4, -0.2) is 153 Å². The molecule has 0 bridgehead atoms. The lowest BCUT2D eigenvalue weighted by molar-refractivity contribution is -0.133. The zero-order valence-corrected chi connectivity index (χ0v) is 56.1. The minimum Gasteiger partial charge on any atom is -0.483 e. The quantitative estimate of drug-likeness (QED) is 0.0244. The molecule has 9 rings (SSSR count). The highest BCUT2D eigenvalue weighted by Crippen LogP contribution is 2.39. The first kappa shape index (κ1) is 72.1. The molecule has 2 aliphatic heterocycles. The molecule has 1 saturated carbocycles. The molecule has 8 amide bonds. The maximum atomic E-state index is 13.8. The van der Waals surface area contributed by atoms with Gasteiger partial charge in [-0.1, -0.05) is 167 Å². The third-order valence-electron chi connectivity index (χ3n) is 18.1. The van der Waals surface area contributed by atoms with E-state index in [2.05, 4.69) is 41.8 Å². The largest absolute Gasteiger partial charge is 0.483 e. The van der Waals surface area contributed by atoms with Gasteiger partial charge in [0.1, 0.15) is 23.5 Å². The predicted octanol–water partition coefficient (Wildman–Crippen LogP) is 7.42. The molecule has 3 heterocycles. The first-order valence-corrected chi connectivity index (χ1v) is 33.6. The van der Waals surface area contributed by atoms with Crippen LogP contribution < -0.4 is 42.4 Å². The summed E-state index contributed by atoms with van der Waals surface area (Å²) in [4.78, 5) is 101. The van der Waals surface area contributed by atoms with Crippen molar-refractivity contribution in [3.63, 3.8) is 0 Å².